The van der Waals surface area contributed by atoms with Crippen LogP contribution in [0.15, 0.2) is 80.2 Å². The highest BCUT2D eigenvalue weighted by molar-refractivity contribution is 7.92. The van der Waals surface area contributed by atoms with Crippen LogP contribution in [-0.4, -0.2) is 21.9 Å². The van der Waals surface area contributed by atoms with Gasteiger partial charge < -0.3 is 5.11 Å². The van der Waals surface area contributed by atoms with Gasteiger partial charge in [-0.2, -0.15) is 0 Å². The fourth-order valence-corrected chi connectivity index (χ4v) is 9.30. The SMILES string of the molecule is CCc1cc(O)c(S(=O)(=O)c2ccc(C3CCCCC3)cc2)cc1S(=O)(=O)c1ccc(C2CCCCC2)cc1. The Kier molecular flexibility index (Phi) is 8.20. The van der Waals surface area contributed by atoms with Crippen molar-refractivity contribution in [3.63, 3.8) is 0 Å². The molecule has 2 saturated carbocycles. The lowest BCUT2D eigenvalue weighted by Crippen LogP contribution is -2.10. The first-order valence-electron chi connectivity index (χ1n) is 14.3. The Balaban J connectivity index is 1.49. The summed E-state index contributed by atoms with van der Waals surface area (Å²) >= 11 is 0. The van der Waals surface area contributed by atoms with Crippen LogP contribution in [0.1, 0.15) is 99.7 Å². The van der Waals surface area contributed by atoms with E-state index in [0.717, 1.165) is 42.9 Å². The summed E-state index contributed by atoms with van der Waals surface area (Å²) in [5.74, 6) is 0.459. The van der Waals surface area contributed by atoms with Gasteiger partial charge in [-0.05, 0) is 97.0 Å². The van der Waals surface area contributed by atoms with Gasteiger partial charge in [0.15, 0.2) is 0 Å². The molecule has 5 rings (SSSR count). The number of aromatic hydroxyl groups is 1. The van der Waals surface area contributed by atoms with Crippen LogP contribution in [0.5, 0.6) is 5.75 Å². The van der Waals surface area contributed by atoms with Gasteiger partial charge in [0.1, 0.15) is 10.6 Å². The third-order valence-corrected chi connectivity index (χ3v) is 12.3. The minimum Gasteiger partial charge on any atom is -0.507 e. The smallest absolute Gasteiger partial charge is 0.210 e. The molecule has 0 aromatic heterocycles. The van der Waals surface area contributed by atoms with E-state index in [1.807, 2.05) is 24.3 Å². The molecule has 3 aromatic rings. The Hall–Kier alpha value is -2.64. The molecule has 208 valence electrons. The van der Waals surface area contributed by atoms with Gasteiger partial charge >= 0.3 is 0 Å². The van der Waals surface area contributed by atoms with E-state index in [1.54, 1.807) is 31.2 Å². The number of aryl methyl sites for hydroxylation is 1. The highest BCUT2D eigenvalue weighted by Crippen LogP contribution is 2.38. The van der Waals surface area contributed by atoms with Gasteiger partial charge in [-0.3, -0.25) is 0 Å². The van der Waals surface area contributed by atoms with E-state index < -0.39 is 25.4 Å². The summed E-state index contributed by atoms with van der Waals surface area (Å²) in [6.07, 6.45) is 12.0. The van der Waals surface area contributed by atoms with Crippen LogP contribution in [0.4, 0.5) is 0 Å². The maximum atomic E-state index is 13.8. The van der Waals surface area contributed by atoms with Gasteiger partial charge in [0.2, 0.25) is 19.7 Å². The molecule has 2 aliphatic carbocycles. The maximum Gasteiger partial charge on any atom is 0.210 e. The Labute approximate surface area is 233 Å². The summed E-state index contributed by atoms with van der Waals surface area (Å²) in [5, 5.41) is 10.7. The second kappa shape index (κ2) is 11.5. The molecule has 0 spiro atoms. The zero-order valence-corrected chi connectivity index (χ0v) is 24.2. The van der Waals surface area contributed by atoms with Gasteiger partial charge in [0.05, 0.1) is 14.7 Å². The largest absolute Gasteiger partial charge is 0.507 e. The van der Waals surface area contributed by atoms with Crippen molar-refractivity contribution in [2.75, 3.05) is 0 Å². The Bertz CT molecular complexity index is 1510. The molecule has 3 aromatic carbocycles. The van der Waals surface area contributed by atoms with Crippen LogP contribution in [0.2, 0.25) is 0 Å². The molecule has 0 bridgehead atoms. The molecule has 1 N–H and O–H groups in total. The number of sulfone groups is 2. The van der Waals surface area contributed by atoms with Crippen molar-refractivity contribution in [1.29, 1.82) is 0 Å². The van der Waals surface area contributed by atoms with Crippen molar-refractivity contribution in [1.82, 2.24) is 0 Å². The zero-order valence-electron chi connectivity index (χ0n) is 22.6. The van der Waals surface area contributed by atoms with Crippen molar-refractivity contribution in [3.05, 3.63) is 77.4 Å². The number of hydrogen-bond donors (Lipinski definition) is 1. The second-order valence-electron chi connectivity index (χ2n) is 11.1. The molecule has 0 amide bonds. The van der Waals surface area contributed by atoms with E-state index in [9.17, 15) is 21.9 Å². The lowest BCUT2D eigenvalue weighted by molar-refractivity contribution is 0.443. The lowest BCUT2D eigenvalue weighted by Gasteiger charge is -2.22. The summed E-state index contributed by atoms with van der Waals surface area (Å²) in [7, 11) is -8.15. The van der Waals surface area contributed by atoms with Gasteiger partial charge in [0, 0.05) is 0 Å². The van der Waals surface area contributed by atoms with Crippen LogP contribution in [-0.2, 0) is 26.1 Å². The molecule has 5 nitrogen and oxygen atoms in total. The van der Waals surface area contributed by atoms with Gasteiger partial charge in [-0.25, -0.2) is 16.8 Å². The van der Waals surface area contributed by atoms with Gasteiger partial charge in [-0.1, -0.05) is 69.7 Å². The van der Waals surface area contributed by atoms with Crippen LogP contribution in [0, 0.1) is 0 Å². The molecule has 0 saturated heterocycles. The fraction of sp³-hybridized carbons (Fsp3) is 0.438. The van der Waals surface area contributed by atoms with Crippen molar-refractivity contribution in [2.24, 2.45) is 0 Å². The van der Waals surface area contributed by atoms with E-state index in [0.29, 0.717) is 23.8 Å². The number of hydrogen-bond acceptors (Lipinski definition) is 5. The van der Waals surface area contributed by atoms with Crippen molar-refractivity contribution in [2.45, 2.75) is 109 Å². The molecule has 2 aliphatic rings. The highest BCUT2D eigenvalue weighted by Gasteiger charge is 2.29. The predicted molar refractivity (Wildman–Crippen MR) is 153 cm³/mol. The third-order valence-electron chi connectivity index (χ3n) is 8.64. The number of phenolic OH excluding ortho intramolecular Hbond substituents is 1. The van der Waals surface area contributed by atoms with E-state index in [-0.39, 0.29) is 19.6 Å². The molecular formula is C32H38O5S2. The summed E-state index contributed by atoms with van der Waals surface area (Å²) in [5.41, 5.74) is 2.66. The number of phenols is 1. The lowest BCUT2D eigenvalue weighted by atomic mass is 9.84. The molecule has 0 aliphatic heterocycles. The third kappa shape index (κ3) is 5.66. The fourth-order valence-electron chi connectivity index (χ4n) is 6.30. The Morgan fingerprint density at radius 2 is 1.03 bits per heavy atom. The monoisotopic (exact) mass is 566 g/mol. The first-order chi connectivity index (χ1) is 18.7. The summed E-state index contributed by atoms with van der Waals surface area (Å²) in [6, 6.07) is 16.3. The summed E-state index contributed by atoms with van der Waals surface area (Å²) in [4.78, 5) is -0.294. The van der Waals surface area contributed by atoms with Crippen molar-refractivity contribution >= 4 is 19.7 Å². The maximum absolute atomic E-state index is 13.8. The van der Waals surface area contributed by atoms with Gasteiger partial charge in [0.25, 0.3) is 0 Å². The molecular weight excluding hydrogens is 528 g/mol. The molecule has 2 fully saturated rings. The first-order valence-corrected chi connectivity index (χ1v) is 17.2. The van der Waals surface area contributed by atoms with E-state index in [4.69, 9.17) is 0 Å². The first kappa shape index (κ1) is 27.9. The van der Waals surface area contributed by atoms with Crippen molar-refractivity contribution < 1.29 is 21.9 Å². The Morgan fingerprint density at radius 3 is 1.44 bits per heavy atom. The highest BCUT2D eigenvalue weighted by atomic mass is 32.2. The van der Waals surface area contributed by atoms with E-state index >= 15 is 0 Å². The van der Waals surface area contributed by atoms with Crippen molar-refractivity contribution in [3.8, 4) is 5.75 Å². The van der Waals surface area contributed by atoms with Crippen LogP contribution < -0.4 is 0 Å². The number of benzene rings is 3. The molecule has 0 heterocycles. The van der Waals surface area contributed by atoms with E-state index in [2.05, 4.69) is 0 Å². The molecule has 0 atom stereocenters. The summed E-state index contributed by atoms with van der Waals surface area (Å²) < 4.78 is 54.8. The molecule has 0 unspecified atom stereocenters. The normalized spacial score (nSPS) is 17.8. The minimum absolute atomic E-state index is 0.0433. The minimum atomic E-state index is -4.14. The van der Waals surface area contributed by atoms with E-state index in [1.165, 1.54) is 44.6 Å². The average Bonchev–Trinajstić information content (AvgIpc) is 2.97. The quantitative estimate of drug-likeness (QED) is 0.316. The predicted octanol–water partition coefficient (Wildman–Crippen LogP) is 7.72. The topological polar surface area (TPSA) is 88.5 Å². The average molecular weight is 567 g/mol. The molecule has 7 heteroatoms. The summed E-state index contributed by atoms with van der Waals surface area (Å²) in [6.45, 7) is 1.79. The number of rotatable bonds is 7. The van der Waals surface area contributed by atoms with Gasteiger partial charge in [-0.15, -0.1) is 0 Å². The second-order valence-corrected chi connectivity index (χ2v) is 14.9. The molecule has 39 heavy (non-hydrogen) atoms. The Morgan fingerprint density at radius 1 is 0.615 bits per heavy atom. The van der Waals surface area contributed by atoms with Crippen LogP contribution in [0.3, 0.4) is 0 Å². The van der Waals surface area contributed by atoms with Crippen LogP contribution >= 0.6 is 0 Å². The van der Waals surface area contributed by atoms with Crippen LogP contribution in [0.25, 0.3) is 0 Å². The standard InChI is InChI=1S/C32H38O5S2/c1-2-23-21-30(33)32(39(36,37)29-19-15-27(16-20-29)25-11-7-4-8-12-25)22-31(23)38(34,35)28-17-13-26(14-18-28)24-9-5-3-6-10-24/h13-22,24-25,33H,2-12H2,1H3. The molecule has 0 radical (unpaired) electrons. The zero-order chi connectivity index (χ0) is 27.6.